The van der Waals surface area contributed by atoms with E-state index >= 15 is 0 Å². The first-order chi connectivity index (χ1) is 13.7. The van der Waals surface area contributed by atoms with Crippen LogP contribution in [0.1, 0.15) is 54.9 Å². The molecule has 3 rings (SSSR count). The van der Waals surface area contributed by atoms with Crippen LogP contribution in [0.15, 0.2) is 54.6 Å². The zero-order chi connectivity index (χ0) is 19.8. The fourth-order valence-corrected chi connectivity index (χ4v) is 3.21. The van der Waals surface area contributed by atoms with Gasteiger partial charge < -0.3 is 9.64 Å². The minimum atomic E-state index is -0.0563. The molecule has 28 heavy (non-hydrogen) atoms. The third-order valence-corrected chi connectivity index (χ3v) is 4.86. The quantitative estimate of drug-likeness (QED) is 0.339. The lowest BCUT2D eigenvalue weighted by Crippen LogP contribution is -2.23. The Morgan fingerprint density at radius 1 is 1.07 bits per heavy atom. The molecule has 4 heteroatoms. The van der Waals surface area contributed by atoms with Gasteiger partial charge in [-0.05, 0) is 60.9 Å². The Hall–Kier alpha value is -2.88. The van der Waals surface area contributed by atoms with E-state index in [1.165, 1.54) is 12.8 Å². The molecule has 0 atom stereocenters. The van der Waals surface area contributed by atoms with Gasteiger partial charge in [0.25, 0.3) is 0 Å². The second-order valence-corrected chi connectivity index (χ2v) is 7.02. The van der Waals surface area contributed by atoms with Gasteiger partial charge in [-0.3, -0.25) is 9.59 Å². The van der Waals surface area contributed by atoms with E-state index in [9.17, 15) is 9.59 Å². The Balaban J connectivity index is 1.55. The molecule has 2 aromatic carbocycles. The number of benzene rings is 2. The van der Waals surface area contributed by atoms with Crippen LogP contribution in [0.3, 0.4) is 0 Å². The van der Waals surface area contributed by atoms with Crippen molar-refractivity contribution in [2.75, 3.05) is 18.1 Å². The molecule has 1 saturated heterocycles. The largest absolute Gasteiger partial charge is 0.494 e. The molecule has 0 saturated carbocycles. The Bertz CT molecular complexity index is 822. The number of unbranched alkanes of at least 4 members (excludes halogenated alkanes) is 2. The maximum absolute atomic E-state index is 12.4. The minimum Gasteiger partial charge on any atom is -0.494 e. The van der Waals surface area contributed by atoms with Crippen LogP contribution in [-0.2, 0) is 4.79 Å². The highest BCUT2D eigenvalue weighted by molar-refractivity contribution is 6.07. The van der Waals surface area contributed by atoms with Crippen molar-refractivity contribution in [2.24, 2.45) is 0 Å². The lowest BCUT2D eigenvalue weighted by Gasteiger charge is -2.15. The lowest BCUT2D eigenvalue weighted by atomic mass is 10.1. The highest BCUT2D eigenvalue weighted by Crippen LogP contribution is 2.22. The molecule has 4 nitrogen and oxygen atoms in total. The first-order valence-corrected chi connectivity index (χ1v) is 10.0. The van der Waals surface area contributed by atoms with Crippen LogP contribution in [0.5, 0.6) is 5.75 Å². The van der Waals surface area contributed by atoms with Crippen LogP contribution in [-0.4, -0.2) is 24.8 Å². The Labute approximate surface area is 166 Å². The summed E-state index contributed by atoms with van der Waals surface area (Å²) in [7, 11) is 0. The summed E-state index contributed by atoms with van der Waals surface area (Å²) in [5, 5.41) is 0. The SMILES string of the molecule is CCCCCOc1ccc(/C=C/C(=O)c2ccc(N3CCCC3=O)cc2)cc1. The summed E-state index contributed by atoms with van der Waals surface area (Å²) in [5.41, 5.74) is 2.42. The molecule has 0 aliphatic carbocycles. The number of allylic oxidation sites excluding steroid dienone is 1. The smallest absolute Gasteiger partial charge is 0.227 e. The molecule has 0 N–H and O–H groups in total. The molecule has 0 radical (unpaired) electrons. The summed E-state index contributed by atoms with van der Waals surface area (Å²) in [5.74, 6) is 0.947. The molecular weight excluding hydrogens is 350 g/mol. The summed E-state index contributed by atoms with van der Waals surface area (Å²) in [6.07, 6.45) is 8.31. The van der Waals surface area contributed by atoms with Crippen LogP contribution in [0.25, 0.3) is 6.08 Å². The number of nitrogens with zero attached hydrogens (tertiary/aromatic N) is 1. The number of carbonyl (C=O) groups is 2. The van der Waals surface area contributed by atoms with E-state index in [1.807, 2.05) is 36.4 Å². The van der Waals surface area contributed by atoms with E-state index in [1.54, 1.807) is 29.2 Å². The van der Waals surface area contributed by atoms with Crippen molar-refractivity contribution < 1.29 is 14.3 Å². The van der Waals surface area contributed by atoms with Crippen molar-refractivity contribution in [3.8, 4) is 5.75 Å². The van der Waals surface area contributed by atoms with Gasteiger partial charge in [-0.2, -0.15) is 0 Å². The van der Waals surface area contributed by atoms with Gasteiger partial charge in [0.1, 0.15) is 5.75 Å². The van der Waals surface area contributed by atoms with Crippen molar-refractivity contribution >= 4 is 23.5 Å². The predicted octanol–water partition coefficient (Wildman–Crippen LogP) is 5.28. The Morgan fingerprint density at radius 2 is 1.82 bits per heavy atom. The normalized spacial score (nSPS) is 14.0. The highest BCUT2D eigenvalue weighted by Gasteiger charge is 2.21. The Morgan fingerprint density at radius 3 is 2.46 bits per heavy atom. The van der Waals surface area contributed by atoms with Gasteiger partial charge in [-0.25, -0.2) is 0 Å². The van der Waals surface area contributed by atoms with Gasteiger partial charge in [-0.15, -0.1) is 0 Å². The van der Waals surface area contributed by atoms with E-state index in [0.29, 0.717) is 12.0 Å². The zero-order valence-electron chi connectivity index (χ0n) is 16.4. The van der Waals surface area contributed by atoms with E-state index in [-0.39, 0.29) is 11.7 Å². The van der Waals surface area contributed by atoms with Crippen LogP contribution >= 0.6 is 0 Å². The molecular formula is C24H27NO3. The molecule has 0 unspecified atom stereocenters. The molecule has 146 valence electrons. The van der Waals surface area contributed by atoms with Gasteiger partial charge in [0, 0.05) is 24.2 Å². The standard InChI is InChI=1S/C24H27NO3/c1-2-3-4-18-28-22-14-7-19(8-15-22)9-16-23(26)20-10-12-21(13-11-20)25-17-5-6-24(25)27/h7-16H,2-6,17-18H2,1H3/b16-9+. The van der Waals surface area contributed by atoms with Crippen molar-refractivity contribution in [3.05, 3.63) is 65.7 Å². The first kappa shape index (κ1) is 19.9. The molecule has 1 amide bonds. The number of carbonyl (C=O) groups excluding carboxylic acids is 2. The second-order valence-electron chi connectivity index (χ2n) is 7.02. The summed E-state index contributed by atoms with van der Waals surface area (Å²) < 4.78 is 5.70. The number of amides is 1. The fourth-order valence-electron chi connectivity index (χ4n) is 3.21. The molecule has 0 bridgehead atoms. The number of ether oxygens (including phenoxy) is 1. The van der Waals surface area contributed by atoms with Gasteiger partial charge in [0.15, 0.2) is 5.78 Å². The van der Waals surface area contributed by atoms with Gasteiger partial charge in [-0.1, -0.05) is 38.0 Å². The van der Waals surface area contributed by atoms with Crippen LogP contribution < -0.4 is 9.64 Å². The van der Waals surface area contributed by atoms with Gasteiger partial charge >= 0.3 is 0 Å². The average Bonchev–Trinajstić information content (AvgIpc) is 3.16. The summed E-state index contributed by atoms with van der Waals surface area (Å²) >= 11 is 0. The Kier molecular flexibility index (Phi) is 7.01. The first-order valence-electron chi connectivity index (χ1n) is 10.0. The lowest BCUT2D eigenvalue weighted by molar-refractivity contribution is -0.117. The molecule has 1 aliphatic rings. The van der Waals surface area contributed by atoms with Crippen molar-refractivity contribution in [2.45, 2.75) is 39.0 Å². The molecule has 0 aromatic heterocycles. The topological polar surface area (TPSA) is 46.6 Å². The summed E-state index contributed by atoms with van der Waals surface area (Å²) in [4.78, 5) is 26.0. The van der Waals surface area contributed by atoms with E-state index in [4.69, 9.17) is 4.74 Å². The third-order valence-electron chi connectivity index (χ3n) is 4.86. The second kappa shape index (κ2) is 9.88. The molecule has 1 heterocycles. The number of hydrogen-bond acceptors (Lipinski definition) is 3. The van der Waals surface area contributed by atoms with E-state index in [0.717, 1.165) is 43.0 Å². The number of rotatable bonds is 9. The van der Waals surface area contributed by atoms with Gasteiger partial charge in [0.05, 0.1) is 6.61 Å². The number of hydrogen-bond donors (Lipinski definition) is 0. The molecule has 2 aromatic rings. The zero-order valence-corrected chi connectivity index (χ0v) is 16.4. The van der Waals surface area contributed by atoms with Crippen molar-refractivity contribution in [1.82, 2.24) is 0 Å². The van der Waals surface area contributed by atoms with E-state index in [2.05, 4.69) is 6.92 Å². The predicted molar refractivity (Wildman–Crippen MR) is 113 cm³/mol. The third kappa shape index (κ3) is 5.32. The van der Waals surface area contributed by atoms with E-state index < -0.39 is 0 Å². The van der Waals surface area contributed by atoms with Crippen LogP contribution in [0, 0.1) is 0 Å². The summed E-state index contributed by atoms with van der Waals surface area (Å²) in [6, 6.07) is 15.0. The average molecular weight is 377 g/mol. The van der Waals surface area contributed by atoms with Crippen LogP contribution in [0.4, 0.5) is 5.69 Å². The molecule has 1 aliphatic heterocycles. The number of anilines is 1. The molecule has 0 spiro atoms. The van der Waals surface area contributed by atoms with Crippen molar-refractivity contribution in [3.63, 3.8) is 0 Å². The monoisotopic (exact) mass is 377 g/mol. The number of ketones is 1. The maximum atomic E-state index is 12.4. The fraction of sp³-hybridized carbons (Fsp3) is 0.333. The molecule has 1 fully saturated rings. The maximum Gasteiger partial charge on any atom is 0.227 e. The highest BCUT2D eigenvalue weighted by atomic mass is 16.5. The van der Waals surface area contributed by atoms with Crippen molar-refractivity contribution in [1.29, 1.82) is 0 Å². The van der Waals surface area contributed by atoms with Gasteiger partial charge in [0.2, 0.25) is 5.91 Å². The minimum absolute atomic E-state index is 0.0563. The summed E-state index contributed by atoms with van der Waals surface area (Å²) in [6.45, 7) is 3.66. The van der Waals surface area contributed by atoms with Crippen LogP contribution in [0.2, 0.25) is 0 Å².